The van der Waals surface area contributed by atoms with Gasteiger partial charge < -0.3 is 5.73 Å². The van der Waals surface area contributed by atoms with E-state index in [0.29, 0.717) is 11.7 Å². The van der Waals surface area contributed by atoms with Gasteiger partial charge in [-0.2, -0.15) is 16.9 Å². The topological polar surface area (TPSA) is 43.8 Å². The Morgan fingerprint density at radius 2 is 2.00 bits per heavy atom. The molecule has 0 bridgehead atoms. The third-order valence-electron chi connectivity index (χ3n) is 3.81. The van der Waals surface area contributed by atoms with E-state index in [-0.39, 0.29) is 0 Å². The fourth-order valence-corrected chi connectivity index (χ4v) is 3.81. The molecule has 1 fully saturated rings. The maximum Gasteiger partial charge on any atom is 0.121 e. The molecule has 2 N–H and O–H groups in total. The molecule has 0 amide bonds. The first kappa shape index (κ1) is 12.6. The average molecular weight is 273 g/mol. The van der Waals surface area contributed by atoms with Crippen LogP contribution in [0.3, 0.4) is 0 Å². The van der Waals surface area contributed by atoms with Gasteiger partial charge >= 0.3 is 0 Å². The van der Waals surface area contributed by atoms with Gasteiger partial charge in [-0.05, 0) is 35.8 Å². The van der Waals surface area contributed by atoms with Crippen molar-refractivity contribution >= 4 is 17.6 Å². The standard InChI is InChI=1S/C15H19N3S/c1-18-15(16)10-14(17-18)13-5-3-2-4-12(13)11-6-8-19-9-7-11/h2-5,10-11H,6-9,16H2,1H3. The number of aryl methyl sites for hydroxylation is 1. The molecule has 1 saturated heterocycles. The predicted molar refractivity (Wildman–Crippen MR) is 82.4 cm³/mol. The summed E-state index contributed by atoms with van der Waals surface area (Å²) in [6.07, 6.45) is 2.54. The van der Waals surface area contributed by atoms with Crippen LogP contribution in [-0.2, 0) is 7.05 Å². The van der Waals surface area contributed by atoms with Crippen LogP contribution in [0.25, 0.3) is 11.3 Å². The molecule has 2 aromatic rings. The Balaban J connectivity index is 2.01. The number of nitrogen functional groups attached to an aromatic ring is 1. The van der Waals surface area contributed by atoms with Crippen molar-refractivity contribution in [2.45, 2.75) is 18.8 Å². The Labute approximate surface area is 118 Å². The van der Waals surface area contributed by atoms with Crippen molar-refractivity contribution in [3.05, 3.63) is 35.9 Å². The Bertz CT molecular complexity index is 551. The third-order valence-corrected chi connectivity index (χ3v) is 4.86. The zero-order valence-corrected chi connectivity index (χ0v) is 12.0. The maximum absolute atomic E-state index is 5.90. The van der Waals surface area contributed by atoms with E-state index in [4.69, 9.17) is 5.73 Å². The van der Waals surface area contributed by atoms with Crippen LogP contribution in [0.4, 0.5) is 5.82 Å². The number of rotatable bonds is 2. The minimum absolute atomic E-state index is 0.667. The van der Waals surface area contributed by atoms with Gasteiger partial charge in [0.25, 0.3) is 0 Å². The highest BCUT2D eigenvalue weighted by Crippen LogP contribution is 2.37. The number of hydrogen-bond acceptors (Lipinski definition) is 3. The van der Waals surface area contributed by atoms with Crippen LogP contribution in [0.2, 0.25) is 0 Å². The quantitative estimate of drug-likeness (QED) is 0.913. The van der Waals surface area contributed by atoms with E-state index in [1.807, 2.05) is 13.1 Å². The SMILES string of the molecule is Cn1nc(-c2ccccc2C2CCSCC2)cc1N. The lowest BCUT2D eigenvalue weighted by Gasteiger charge is -2.23. The molecule has 0 radical (unpaired) electrons. The second kappa shape index (κ2) is 5.29. The first-order valence-corrected chi connectivity index (χ1v) is 7.88. The fraction of sp³-hybridized carbons (Fsp3) is 0.400. The van der Waals surface area contributed by atoms with E-state index in [9.17, 15) is 0 Å². The van der Waals surface area contributed by atoms with Gasteiger partial charge in [0.15, 0.2) is 0 Å². The summed E-state index contributed by atoms with van der Waals surface area (Å²) in [6, 6.07) is 10.6. The monoisotopic (exact) mass is 273 g/mol. The van der Waals surface area contributed by atoms with Crippen LogP contribution in [0, 0.1) is 0 Å². The minimum Gasteiger partial charge on any atom is -0.384 e. The lowest BCUT2D eigenvalue weighted by Crippen LogP contribution is -2.09. The largest absolute Gasteiger partial charge is 0.384 e. The zero-order valence-electron chi connectivity index (χ0n) is 11.2. The zero-order chi connectivity index (χ0) is 13.2. The molecule has 0 atom stereocenters. The Hall–Kier alpha value is -1.42. The van der Waals surface area contributed by atoms with Crippen molar-refractivity contribution < 1.29 is 0 Å². The molecule has 1 aliphatic rings. The number of nitrogens with zero attached hydrogens (tertiary/aromatic N) is 2. The fourth-order valence-electron chi connectivity index (χ4n) is 2.71. The summed E-state index contributed by atoms with van der Waals surface area (Å²) < 4.78 is 1.74. The van der Waals surface area contributed by atoms with Gasteiger partial charge in [-0.3, -0.25) is 4.68 Å². The van der Waals surface area contributed by atoms with Crippen LogP contribution < -0.4 is 5.73 Å². The Morgan fingerprint density at radius 1 is 1.26 bits per heavy atom. The van der Waals surface area contributed by atoms with Crippen LogP contribution in [0.5, 0.6) is 0 Å². The van der Waals surface area contributed by atoms with Gasteiger partial charge in [-0.15, -0.1) is 0 Å². The lowest BCUT2D eigenvalue weighted by molar-refractivity contribution is 0.638. The van der Waals surface area contributed by atoms with Crippen molar-refractivity contribution in [1.82, 2.24) is 9.78 Å². The highest BCUT2D eigenvalue weighted by Gasteiger charge is 2.20. The van der Waals surface area contributed by atoms with Crippen molar-refractivity contribution in [1.29, 1.82) is 0 Å². The lowest BCUT2D eigenvalue weighted by atomic mass is 9.88. The van der Waals surface area contributed by atoms with E-state index in [1.54, 1.807) is 4.68 Å². The van der Waals surface area contributed by atoms with Crippen molar-refractivity contribution in [2.75, 3.05) is 17.2 Å². The number of nitrogens with two attached hydrogens (primary N) is 1. The summed E-state index contributed by atoms with van der Waals surface area (Å²) in [6.45, 7) is 0. The van der Waals surface area contributed by atoms with E-state index >= 15 is 0 Å². The number of thioether (sulfide) groups is 1. The summed E-state index contributed by atoms with van der Waals surface area (Å²) in [5.41, 5.74) is 9.57. The highest BCUT2D eigenvalue weighted by molar-refractivity contribution is 7.99. The summed E-state index contributed by atoms with van der Waals surface area (Å²) in [5.74, 6) is 3.91. The summed E-state index contributed by atoms with van der Waals surface area (Å²) in [4.78, 5) is 0. The van der Waals surface area contributed by atoms with E-state index < -0.39 is 0 Å². The first-order valence-electron chi connectivity index (χ1n) is 6.72. The molecule has 1 aliphatic heterocycles. The Kier molecular flexibility index (Phi) is 3.51. The van der Waals surface area contributed by atoms with Gasteiger partial charge in [0.05, 0.1) is 5.69 Å². The maximum atomic E-state index is 5.90. The van der Waals surface area contributed by atoms with Crippen LogP contribution >= 0.6 is 11.8 Å². The van der Waals surface area contributed by atoms with Crippen LogP contribution in [0.15, 0.2) is 30.3 Å². The molecule has 0 aliphatic carbocycles. The second-order valence-electron chi connectivity index (χ2n) is 5.05. The van der Waals surface area contributed by atoms with Crippen LogP contribution in [-0.4, -0.2) is 21.3 Å². The van der Waals surface area contributed by atoms with Gasteiger partial charge in [-0.25, -0.2) is 0 Å². The van der Waals surface area contributed by atoms with Gasteiger partial charge in [-0.1, -0.05) is 24.3 Å². The summed E-state index contributed by atoms with van der Waals surface area (Å²) in [5, 5.41) is 4.52. The smallest absolute Gasteiger partial charge is 0.121 e. The van der Waals surface area contributed by atoms with Crippen LogP contribution in [0.1, 0.15) is 24.3 Å². The minimum atomic E-state index is 0.667. The van der Waals surface area contributed by atoms with Crippen molar-refractivity contribution in [3.8, 4) is 11.3 Å². The molecule has 0 unspecified atom stereocenters. The number of benzene rings is 1. The molecule has 4 heteroatoms. The molecular formula is C15H19N3S. The highest BCUT2D eigenvalue weighted by atomic mass is 32.2. The number of aromatic nitrogens is 2. The predicted octanol–water partition coefficient (Wildman–Crippen LogP) is 3.28. The van der Waals surface area contributed by atoms with E-state index in [1.165, 1.54) is 35.5 Å². The third kappa shape index (κ3) is 2.50. The molecule has 1 aromatic heterocycles. The summed E-state index contributed by atoms with van der Waals surface area (Å²) in [7, 11) is 1.89. The van der Waals surface area contributed by atoms with Gasteiger partial charge in [0.2, 0.25) is 0 Å². The molecule has 3 nitrogen and oxygen atoms in total. The van der Waals surface area contributed by atoms with Gasteiger partial charge in [0, 0.05) is 18.7 Å². The molecule has 2 heterocycles. The van der Waals surface area contributed by atoms with Crippen molar-refractivity contribution in [3.63, 3.8) is 0 Å². The molecule has 100 valence electrons. The van der Waals surface area contributed by atoms with Gasteiger partial charge in [0.1, 0.15) is 5.82 Å². The summed E-state index contributed by atoms with van der Waals surface area (Å²) >= 11 is 2.06. The molecule has 19 heavy (non-hydrogen) atoms. The van der Waals surface area contributed by atoms with E-state index in [0.717, 1.165) is 5.69 Å². The first-order chi connectivity index (χ1) is 9.25. The molecule has 1 aromatic carbocycles. The molecule has 0 spiro atoms. The van der Waals surface area contributed by atoms with E-state index in [2.05, 4.69) is 41.1 Å². The number of hydrogen-bond donors (Lipinski definition) is 1. The van der Waals surface area contributed by atoms with Crippen molar-refractivity contribution in [2.24, 2.45) is 7.05 Å². The Morgan fingerprint density at radius 3 is 2.68 bits per heavy atom. The number of anilines is 1. The molecule has 3 rings (SSSR count). The second-order valence-corrected chi connectivity index (χ2v) is 6.28. The molecule has 0 saturated carbocycles. The normalized spacial score (nSPS) is 16.7. The molecular weight excluding hydrogens is 254 g/mol. The average Bonchev–Trinajstić information content (AvgIpc) is 2.80.